The van der Waals surface area contributed by atoms with Gasteiger partial charge in [-0.3, -0.25) is 0 Å². The zero-order valence-corrected chi connectivity index (χ0v) is 8.39. The van der Waals surface area contributed by atoms with E-state index in [0.717, 1.165) is 13.0 Å². The van der Waals surface area contributed by atoms with Crippen LogP contribution in [0, 0.1) is 5.41 Å². The van der Waals surface area contributed by atoms with Crippen LogP contribution in [0.1, 0.15) is 34.1 Å². The molecule has 1 aliphatic heterocycles. The molecule has 1 heterocycles. The Balaban J connectivity index is 2.75. The fraction of sp³-hybridized carbons (Fsp3) is 0.800. The molecule has 0 aliphatic carbocycles. The predicted molar refractivity (Wildman–Crippen MR) is 48.7 cm³/mol. The molecular weight excluding hydrogens is 152 g/mol. The first-order valence-corrected chi connectivity index (χ1v) is 4.42. The van der Waals surface area contributed by atoms with Crippen LogP contribution in [-0.4, -0.2) is 12.4 Å². The second kappa shape index (κ2) is 3.09. The smallest absolute Gasteiger partial charge is 0.211 e. The van der Waals surface area contributed by atoms with E-state index in [1.807, 2.05) is 13.0 Å². The van der Waals surface area contributed by atoms with Gasteiger partial charge in [-0.05, 0) is 12.5 Å². The molecule has 0 aromatic heterocycles. The Hall–Kier alpha value is -0.500. The van der Waals surface area contributed by atoms with E-state index in [9.17, 15) is 0 Å². The maximum atomic E-state index is 5.67. The number of hydrogen-bond donors (Lipinski definition) is 0. The highest BCUT2D eigenvalue weighted by atomic mass is 16.7. The zero-order chi connectivity index (χ0) is 9.24. The summed E-state index contributed by atoms with van der Waals surface area (Å²) >= 11 is 0. The van der Waals surface area contributed by atoms with Crippen LogP contribution >= 0.6 is 0 Å². The van der Waals surface area contributed by atoms with Gasteiger partial charge in [0, 0.05) is 12.3 Å². The first-order valence-electron chi connectivity index (χ1n) is 4.42. The van der Waals surface area contributed by atoms with Crippen molar-refractivity contribution in [2.45, 2.75) is 39.9 Å². The summed E-state index contributed by atoms with van der Waals surface area (Å²) in [7, 11) is 0. The zero-order valence-electron chi connectivity index (χ0n) is 8.39. The van der Waals surface area contributed by atoms with Gasteiger partial charge in [-0.2, -0.15) is 0 Å². The Kier molecular flexibility index (Phi) is 2.47. The molecule has 12 heavy (non-hydrogen) atoms. The molecule has 2 nitrogen and oxygen atoms in total. The standard InChI is InChI=1S/C10H18O2/c1-9(2,3)10(4)11-7-5-6-8-12-10/h5,7H,6,8H2,1-4H3. The number of ether oxygens (including phenoxy) is 2. The molecule has 0 radical (unpaired) electrons. The highest BCUT2D eigenvalue weighted by molar-refractivity contribution is 4.87. The minimum Gasteiger partial charge on any atom is -0.470 e. The van der Waals surface area contributed by atoms with E-state index in [0.29, 0.717) is 0 Å². The van der Waals surface area contributed by atoms with Crippen LogP contribution in [0.4, 0.5) is 0 Å². The Morgan fingerprint density at radius 3 is 2.58 bits per heavy atom. The minimum atomic E-state index is -0.486. The van der Waals surface area contributed by atoms with Crippen molar-refractivity contribution >= 4 is 0 Å². The third-order valence-corrected chi connectivity index (χ3v) is 2.41. The molecule has 1 unspecified atom stereocenters. The molecule has 0 N–H and O–H groups in total. The summed E-state index contributed by atoms with van der Waals surface area (Å²) in [4.78, 5) is 0. The molecule has 1 rings (SSSR count). The summed E-state index contributed by atoms with van der Waals surface area (Å²) in [5.74, 6) is -0.486. The van der Waals surface area contributed by atoms with Gasteiger partial charge in [0.15, 0.2) is 0 Å². The van der Waals surface area contributed by atoms with Crippen LogP contribution in [0.15, 0.2) is 12.3 Å². The first-order chi connectivity index (χ1) is 5.46. The number of rotatable bonds is 0. The van der Waals surface area contributed by atoms with Gasteiger partial charge in [0.25, 0.3) is 0 Å². The van der Waals surface area contributed by atoms with Crippen molar-refractivity contribution in [3.05, 3.63) is 12.3 Å². The molecule has 0 saturated heterocycles. The lowest BCUT2D eigenvalue weighted by Gasteiger charge is -2.39. The average Bonchev–Trinajstić information content (AvgIpc) is 2.12. The lowest BCUT2D eigenvalue weighted by molar-refractivity contribution is -0.246. The van der Waals surface area contributed by atoms with Crippen LogP contribution in [0.3, 0.4) is 0 Å². The summed E-state index contributed by atoms with van der Waals surface area (Å²) in [5, 5.41) is 0. The SMILES string of the molecule is CC(C)(C)C1(C)OC=CCCO1. The third kappa shape index (κ3) is 1.81. The summed E-state index contributed by atoms with van der Waals surface area (Å²) in [6.45, 7) is 9.08. The van der Waals surface area contributed by atoms with Crippen molar-refractivity contribution in [3.8, 4) is 0 Å². The van der Waals surface area contributed by atoms with E-state index in [4.69, 9.17) is 9.47 Å². The lowest BCUT2D eigenvalue weighted by Crippen LogP contribution is -2.43. The first kappa shape index (κ1) is 9.59. The summed E-state index contributed by atoms with van der Waals surface area (Å²) < 4.78 is 11.2. The third-order valence-electron chi connectivity index (χ3n) is 2.41. The highest BCUT2D eigenvalue weighted by Gasteiger charge is 2.40. The van der Waals surface area contributed by atoms with E-state index < -0.39 is 5.79 Å². The Labute approximate surface area is 74.6 Å². The Morgan fingerprint density at radius 2 is 2.00 bits per heavy atom. The van der Waals surface area contributed by atoms with Gasteiger partial charge in [0.2, 0.25) is 5.79 Å². The van der Waals surface area contributed by atoms with E-state index >= 15 is 0 Å². The van der Waals surface area contributed by atoms with Crippen LogP contribution in [0.25, 0.3) is 0 Å². The van der Waals surface area contributed by atoms with E-state index in [2.05, 4.69) is 20.8 Å². The van der Waals surface area contributed by atoms with Crippen molar-refractivity contribution < 1.29 is 9.47 Å². The highest BCUT2D eigenvalue weighted by Crippen LogP contribution is 2.35. The van der Waals surface area contributed by atoms with Crippen molar-refractivity contribution in [2.24, 2.45) is 5.41 Å². The fourth-order valence-electron chi connectivity index (χ4n) is 0.995. The molecule has 0 fully saturated rings. The maximum Gasteiger partial charge on any atom is 0.211 e. The molecule has 0 spiro atoms. The van der Waals surface area contributed by atoms with Gasteiger partial charge in [-0.1, -0.05) is 20.8 Å². The second-order valence-electron chi connectivity index (χ2n) is 4.32. The van der Waals surface area contributed by atoms with Gasteiger partial charge in [0.1, 0.15) is 0 Å². The lowest BCUT2D eigenvalue weighted by atomic mass is 9.86. The van der Waals surface area contributed by atoms with E-state index in [-0.39, 0.29) is 5.41 Å². The molecule has 0 saturated carbocycles. The van der Waals surface area contributed by atoms with Crippen LogP contribution in [0.5, 0.6) is 0 Å². The van der Waals surface area contributed by atoms with Gasteiger partial charge < -0.3 is 9.47 Å². The average molecular weight is 170 g/mol. The second-order valence-corrected chi connectivity index (χ2v) is 4.32. The predicted octanol–water partition coefficient (Wildman–Crippen LogP) is 2.70. The van der Waals surface area contributed by atoms with Gasteiger partial charge >= 0.3 is 0 Å². The largest absolute Gasteiger partial charge is 0.470 e. The van der Waals surface area contributed by atoms with Crippen molar-refractivity contribution in [1.29, 1.82) is 0 Å². The maximum absolute atomic E-state index is 5.67. The molecule has 0 aromatic carbocycles. The fourth-order valence-corrected chi connectivity index (χ4v) is 0.995. The summed E-state index contributed by atoms with van der Waals surface area (Å²) in [5.41, 5.74) is 0.00167. The molecule has 1 aliphatic rings. The summed E-state index contributed by atoms with van der Waals surface area (Å²) in [6, 6.07) is 0. The van der Waals surface area contributed by atoms with Crippen LogP contribution in [-0.2, 0) is 9.47 Å². The monoisotopic (exact) mass is 170 g/mol. The molecular formula is C10H18O2. The van der Waals surface area contributed by atoms with Crippen molar-refractivity contribution in [1.82, 2.24) is 0 Å². The Morgan fingerprint density at radius 1 is 1.33 bits per heavy atom. The van der Waals surface area contributed by atoms with Crippen molar-refractivity contribution in [3.63, 3.8) is 0 Å². The van der Waals surface area contributed by atoms with E-state index in [1.54, 1.807) is 6.26 Å². The number of hydrogen-bond acceptors (Lipinski definition) is 2. The molecule has 2 heteroatoms. The van der Waals surface area contributed by atoms with Gasteiger partial charge in [-0.15, -0.1) is 0 Å². The quantitative estimate of drug-likeness (QED) is 0.556. The Bertz CT molecular complexity index is 179. The molecule has 0 bridgehead atoms. The van der Waals surface area contributed by atoms with E-state index in [1.165, 1.54) is 0 Å². The minimum absolute atomic E-state index is 0.00167. The summed E-state index contributed by atoms with van der Waals surface area (Å²) in [6.07, 6.45) is 4.68. The van der Waals surface area contributed by atoms with Crippen molar-refractivity contribution in [2.75, 3.05) is 6.61 Å². The topological polar surface area (TPSA) is 18.5 Å². The van der Waals surface area contributed by atoms with Crippen LogP contribution in [0.2, 0.25) is 0 Å². The van der Waals surface area contributed by atoms with Gasteiger partial charge in [-0.25, -0.2) is 0 Å². The molecule has 0 aromatic rings. The normalized spacial score (nSPS) is 31.0. The molecule has 70 valence electrons. The van der Waals surface area contributed by atoms with Crippen LogP contribution < -0.4 is 0 Å². The molecule has 1 atom stereocenters. The van der Waals surface area contributed by atoms with Gasteiger partial charge in [0.05, 0.1) is 12.9 Å². The molecule has 0 amide bonds.